The van der Waals surface area contributed by atoms with Crippen LogP contribution in [-0.2, 0) is 6.42 Å². The highest BCUT2D eigenvalue weighted by Crippen LogP contribution is 2.34. The van der Waals surface area contributed by atoms with E-state index in [1.165, 1.54) is 103 Å². The molecular formula is C25H40. The fourth-order valence-corrected chi connectivity index (χ4v) is 5.45. The molecule has 2 aliphatic carbocycles. The summed E-state index contributed by atoms with van der Waals surface area (Å²) in [4.78, 5) is 0. The molecule has 0 saturated heterocycles. The summed E-state index contributed by atoms with van der Waals surface area (Å²) in [7, 11) is 0. The third-order valence-electron chi connectivity index (χ3n) is 7.02. The zero-order chi connectivity index (χ0) is 17.2. The van der Waals surface area contributed by atoms with E-state index < -0.39 is 0 Å². The number of aryl methyl sites for hydroxylation is 1. The molecule has 0 spiro atoms. The van der Waals surface area contributed by atoms with Crippen LogP contribution in [0.2, 0.25) is 0 Å². The minimum Gasteiger partial charge on any atom is -0.0622 e. The summed E-state index contributed by atoms with van der Waals surface area (Å²) >= 11 is 0. The summed E-state index contributed by atoms with van der Waals surface area (Å²) in [5, 5.41) is 0. The summed E-state index contributed by atoms with van der Waals surface area (Å²) in [5.41, 5.74) is 1.54. The van der Waals surface area contributed by atoms with Gasteiger partial charge in [0.2, 0.25) is 0 Å². The third kappa shape index (κ3) is 7.16. The molecule has 1 aromatic carbocycles. The lowest BCUT2D eigenvalue weighted by atomic mass is 9.85. The van der Waals surface area contributed by atoms with Gasteiger partial charge in [0.1, 0.15) is 0 Å². The van der Waals surface area contributed by atoms with Crippen LogP contribution < -0.4 is 0 Å². The maximum absolute atomic E-state index is 2.31. The Labute approximate surface area is 156 Å². The minimum atomic E-state index is 0.981. The van der Waals surface area contributed by atoms with Gasteiger partial charge in [-0.3, -0.25) is 0 Å². The quantitative estimate of drug-likeness (QED) is 0.358. The Kier molecular flexibility index (Phi) is 8.39. The number of hydrogen-bond donors (Lipinski definition) is 0. The van der Waals surface area contributed by atoms with Gasteiger partial charge in [0.15, 0.2) is 0 Å². The van der Waals surface area contributed by atoms with Crippen LogP contribution in [0.5, 0.6) is 0 Å². The molecule has 1 unspecified atom stereocenters. The average Bonchev–Trinajstić information content (AvgIpc) is 3.34. The van der Waals surface area contributed by atoms with Crippen molar-refractivity contribution in [1.29, 1.82) is 0 Å². The third-order valence-corrected chi connectivity index (χ3v) is 7.02. The Morgan fingerprint density at radius 2 is 1.40 bits per heavy atom. The van der Waals surface area contributed by atoms with Crippen molar-refractivity contribution in [1.82, 2.24) is 0 Å². The van der Waals surface area contributed by atoms with Gasteiger partial charge in [0.05, 0.1) is 0 Å². The first-order chi connectivity index (χ1) is 12.4. The molecule has 0 N–H and O–H groups in total. The maximum Gasteiger partial charge on any atom is -0.0276 e. The highest BCUT2D eigenvalue weighted by atomic mass is 14.3. The molecule has 2 aliphatic rings. The number of hydrogen-bond acceptors (Lipinski definition) is 0. The summed E-state index contributed by atoms with van der Waals surface area (Å²) in [6.45, 7) is 0. The van der Waals surface area contributed by atoms with Gasteiger partial charge in [0.25, 0.3) is 0 Å². The van der Waals surface area contributed by atoms with Crippen LogP contribution in [0.3, 0.4) is 0 Å². The van der Waals surface area contributed by atoms with Crippen LogP contribution in [-0.4, -0.2) is 0 Å². The largest absolute Gasteiger partial charge is 0.0622 e. The Balaban J connectivity index is 1.36. The summed E-state index contributed by atoms with van der Waals surface area (Å²) in [6.07, 6.45) is 23.8. The SMILES string of the molecule is c1ccc(CCC(CCCCCC2CCCC2)CC2CCCC2)cc1. The molecule has 25 heavy (non-hydrogen) atoms. The van der Waals surface area contributed by atoms with Crippen molar-refractivity contribution in [3.8, 4) is 0 Å². The molecule has 1 aromatic rings. The van der Waals surface area contributed by atoms with Gasteiger partial charge in [-0.1, -0.05) is 114 Å². The molecular weight excluding hydrogens is 300 g/mol. The second-order valence-electron chi connectivity index (χ2n) is 9.06. The van der Waals surface area contributed by atoms with Gasteiger partial charge < -0.3 is 0 Å². The maximum atomic E-state index is 2.31. The van der Waals surface area contributed by atoms with Gasteiger partial charge in [-0.15, -0.1) is 0 Å². The molecule has 0 radical (unpaired) electrons. The lowest BCUT2D eigenvalue weighted by molar-refractivity contribution is 0.326. The van der Waals surface area contributed by atoms with E-state index in [0.717, 1.165) is 17.8 Å². The molecule has 0 aromatic heterocycles. The first kappa shape index (κ1) is 19.0. The van der Waals surface area contributed by atoms with Crippen LogP contribution in [0.4, 0.5) is 0 Å². The highest BCUT2D eigenvalue weighted by molar-refractivity contribution is 5.14. The van der Waals surface area contributed by atoms with Crippen molar-refractivity contribution >= 4 is 0 Å². The number of benzene rings is 1. The molecule has 2 saturated carbocycles. The molecule has 0 heterocycles. The molecule has 0 heteroatoms. The summed E-state index contributed by atoms with van der Waals surface area (Å²) in [5.74, 6) is 3.13. The van der Waals surface area contributed by atoms with E-state index in [-0.39, 0.29) is 0 Å². The average molecular weight is 341 g/mol. The predicted octanol–water partition coefficient (Wildman–Crippen LogP) is 7.96. The van der Waals surface area contributed by atoms with E-state index in [0.29, 0.717) is 0 Å². The Hall–Kier alpha value is -0.780. The van der Waals surface area contributed by atoms with Crippen LogP contribution >= 0.6 is 0 Å². The Morgan fingerprint density at radius 1 is 0.720 bits per heavy atom. The number of unbranched alkanes of at least 4 members (excludes halogenated alkanes) is 2. The van der Waals surface area contributed by atoms with E-state index in [9.17, 15) is 0 Å². The smallest absolute Gasteiger partial charge is 0.0276 e. The molecule has 1 atom stereocenters. The van der Waals surface area contributed by atoms with E-state index in [4.69, 9.17) is 0 Å². The lowest BCUT2D eigenvalue weighted by Gasteiger charge is -2.21. The summed E-state index contributed by atoms with van der Waals surface area (Å²) < 4.78 is 0. The fraction of sp³-hybridized carbons (Fsp3) is 0.760. The van der Waals surface area contributed by atoms with E-state index in [2.05, 4.69) is 30.3 Å². The van der Waals surface area contributed by atoms with Gasteiger partial charge in [-0.05, 0) is 42.6 Å². The van der Waals surface area contributed by atoms with Crippen LogP contribution in [0.15, 0.2) is 30.3 Å². The standard InChI is InChI=1S/C25H40/c1-4-12-23(13-5-1)19-20-25(21-24-17-9-10-18-24)16-6-2-3-11-22-14-7-8-15-22/h1,4-5,12-13,22,24-25H,2-3,6-11,14-21H2. The normalized spacial score (nSPS) is 20.3. The summed E-state index contributed by atoms with van der Waals surface area (Å²) in [6, 6.07) is 11.2. The fourth-order valence-electron chi connectivity index (χ4n) is 5.45. The molecule has 0 nitrogen and oxygen atoms in total. The Bertz CT molecular complexity index is 436. The molecule has 0 bridgehead atoms. The van der Waals surface area contributed by atoms with Gasteiger partial charge in [0, 0.05) is 0 Å². The van der Waals surface area contributed by atoms with Gasteiger partial charge >= 0.3 is 0 Å². The number of rotatable bonds is 11. The molecule has 0 aliphatic heterocycles. The molecule has 0 amide bonds. The Morgan fingerprint density at radius 3 is 2.12 bits per heavy atom. The zero-order valence-electron chi connectivity index (χ0n) is 16.4. The van der Waals surface area contributed by atoms with Crippen LogP contribution in [0.25, 0.3) is 0 Å². The van der Waals surface area contributed by atoms with E-state index in [1.54, 1.807) is 5.56 Å². The van der Waals surface area contributed by atoms with E-state index >= 15 is 0 Å². The van der Waals surface area contributed by atoms with Gasteiger partial charge in [-0.2, -0.15) is 0 Å². The van der Waals surface area contributed by atoms with Crippen molar-refractivity contribution in [2.24, 2.45) is 17.8 Å². The topological polar surface area (TPSA) is 0 Å². The second-order valence-corrected chi connectivity index (χ2v) is 9.06. The first-order valence-corrected chi connectivity index (χ1v) is 11.4. The van der Waals surface area contributed by atoms with Crippen molar-refractivity contribution in [3.63, 3.8) is 0 Å². The van der Waals surface area contributed by atoms with Crippen LogP contribution in [0.1, 0.15) is 102 Å². The first-order valence-electron chi connectivity index (χ1n) is 11.4. The second kappa shape index (κ2) is 11.0. The monoisotopic (exact) mass is 340 g/mol. The minimum absolute atomic E-state index is 0.981. The van der Waals surface area contributed by atoms with E-state index in [1.807, 2.05) is 0 Å². The van der Waals surface area contributed by atoms with Crippen molar-refractivity contribution in [2.75, 3.05) is 0 Å². The van der Waals surface area contributed by atoms with Crippen molar-refractivity contribution in [3.05, 3.63) is 35.9 Å². The predicted molar refractivity (Wildman–Crippen MR) is 110 cm³/mol. The molecule has 140 valence electrons. The van der Waals surface area contributed by atoms with Gasteiger partial charge in [-0.25, -0.2) is 0 Å². The van der Waals surface area contributed by atoms with Crippen LogP contribution in [0, 0.1) is 17.8 Å². The molecule has 2 fully saturated rings. The van der Waals surface area contributed by atoms with Crippen molar-refractivity contribution in [2.45, 2.75) is 103 Å². The van der Waals surface area contributed by atoms with Crippen molar-refractivity contribution < 1.29 is 0 Å². The zero-order valence-corrected chi connectivity index (χ0v) is 16.4. The molecule has 3 rings (SSSR count). The lowest BCUT2D eigenvalue weighted by Crippen LogP contribution is -2.08. The highest BCUT2D eigenvalue weighted by Gasteiger charge is 2.20.